The highest BCUT2D eigenvalue weighted by molar-refractivity contribution is 9.10. The third-order valence-electron chi connectivity index (χ3n) is 4.72. The number of nitrogens with zero attached hydrogens (tertiary/aromatic N) is 1. The Kier molecular flexibility index (Phi) is 6.07. The zero-order chi connectivity index (χ0) is 20.3. The molecule has 0 unspecified atom stereocenters. The predicted octanol–water partition coefficient (Wildman–Crippen LogP) is 4.96. The van der Waals surface area contributed by atoms with Gasteiger partial charge in [-0.05, 0) is 61.4 Å². The molecule has 0 aromatic heterocycles. The second-order valence-corrected chi connectivity index (χ2v) is 7.55. The third-order valence-corrected chi connectivity index (χ3v) is 5.25. The van der Waals surface area contributed by atoms with Gasteiger partial charge in [0.05, 0.1) is 5.56 Å². The summed E-state index contributed by atoms with van der Waals surface area (Å²) in [6.07, 6.45) is -3.39. The molecule has 28 heavy (non-hydrogen) atoms. The van der Waals surface area contributed by atoms with E-state index in [1.54, 1.807) is 29.2 Å². The van der Waals surface area contributed by atoms with Crippen molar-refractivity contribution in [3.63, 3.8) is 0 Å². The van der Waals surface area contributed by atoms with Crippen LogP contribution in [0.5, 0.6) is 0 Å². The maximum atomic E-state index is 12.6. The third kappa shape index (κ3) is 4.92. The number of carbonyl (C=O) groups is 2. The van der Waals surface area contributed by atoms with E-state index in [-0.39, 0.29) is 17.7 Å². The van der Waals surface area contributed by atoms with Crippen LogP contribution in [0.3, 0.4) is 0 Å². The molecule has 0 atom stereocenters. The van der Waals surface area contributed by atoms with Crippen LogP contribution < -0.4 is 5.32 Å². The van der Waals surface area contributed by atoms with E-state index in [2.05, 4.69) is 21.2 Å². The Morgan fingerprint density at radius 2 is 1.54 bits per heavy atom. The fraction of sp³-hybridized carbons (Fsp3) is 0.300. The number of halogens is 4. The van der Waals surface area contributed by atoms with Crippen molar-refractivity contribution in [3.05, 3.63) is 64.1 Å². The zero-order valence-electron chi connectivity index (χ0n) is 14.8. The fourth-order valence-corrected chi connectivity index (χ4v) is 3.37. The molecule has 0 spiro atoms. The van der Waals surface area contributed by atoms with Gasteiger partial charge >= 0.3 is 6.18 Å². The zero-order valence-corrected chi connectivity index (χ0v) is 16.4. The quantitative estimate of drug-likeness (QED) is 0.712. The fourth-order valence-electron chi connectivity index (χ4n) is 3.11. The molecule has 2 aromatic carbocycles. The maximum Gasteiger partial charge on any atom is 0.416 e. The molecule has 1 heterocycles. The minimum Gasteiger partial charge on any atom is -0.339 e. The Morgan fingerprint density at radius 1 is 0.964 bits per heavy atom. The molecule has 148 valence electrons. The second-order valence-electron chi connectivity index (χ2n) is 6.64. The number of piperidine rings is 1. The Morgan fingerprint density at radius 3 is 2.07 bits per heavy atom. The van der Waals surface area contributed by atoms with Gasteiger partial charge in [0.2, 0.25) is 5.91 Å². The standard InChI is InChI=1S/C20H18BrF3N2O2/c21-16-5-1-14(2-6-16)19(28)26-11-9-13(10-12-26)18(27)25-17-7-3-15(4-8-17)20(22,23)24/h1-8,13H,9-12H2,(H,25,27). The minimum absolute atomic E-state index is 0.0749. The lowest BCUT2D eigenvalue weighted by atomic mass is 9.95. The summed E-state index contributed by atoms with van der Waals surface area (Å²) in [4.78, 5) is 26.6. The number of likely N-dealkylation sites (tertiary alicyclic amines) is 1. The Labute approximate surface area is 168 Å². The number of nitrogens with one attached hydrogen (secondary N) is 1. The first-order valence-electron chi connectivity index (χ1n) is 8.77. The highest BCUT2D eigenvalue weighted by atomic mass is 79.9. The molecule has 8 heteroatoms. The molecule has 1 saturated heterocycles. The van der Waals surface area contributed by atoms with Gasteiger partial charge < -0.3 is 10.2 Å². The molecule has 1 aliphatic heterocycles. The van der Waals surface area contributed by atoms with E-state index in [9.17, 15) is 22.8 Å². The SMILES string of the molecule is O=C(Nc1ccc(C(F)(F)F)cc1)C1CCN(C(=O)c2ccc(Br)cc2)CC1. The normalized spacial score (nSPS) is 15.4. The van der Waals surface area contributed by atoms with E-state index in [1.165, 1.54) is 12.1 Å². The van der Waals surface area contributed by atoms with E-state index in [0.717, 1.165) is 16.6 Å². The predicted molar refractivity (Wildman–Crippen MR) is 103 cm³/mol. The van der Waals surface area contributed by atoms with Crippen molar-refractivity contribution in [3.8, 4) is 0 Å². The van der Waals surface area contributed by atoms with Gasteiger partial charge in [-0.15, -0.1) is 0 Å². The first-order chi connectivity index (χ1) is 13.2. The number of amides is 2. The number of hydrogen-bond donors (Lipinski definition) is 1. The Hall–Kier alpha value is -2.35. The van der Waals surface area contributed by atoms with Gasteiger partial charge in [0.25, 0.3) is 5.91 Å². The smallest absolute Gasteiger partial charge is 0.339 e. The van der Waals surface area contributed by atoms with E-state index < -0.39 is 11.7 Å². The van der Waals surface area contributed by atoms with Crippen molar-refractivity contribution in [2.75, 3.05) is 18.4 Å². The summed E-state index contributed by atoms with van der Waals surface area (Å²) in [5, 5.41) is 2.66. The summed E-state index contributed by atoms with van der Waals surface area (Å²) in [6, 6.07) is 11.5. The Bertz CT molecular complexity index is 843. The average Bonchev–Trinajstić information content (AvgIpc) is 2.68. The average molecular weight is 455 g/mol. The van der Waals surface area contributed by atoms with Gasteiger partial charge in [0.1, 0.15) is 0 Å². The second kappa shape index (κ2) is 8.34. The lowest BCUT2D eigenvalue weighted by Gasteiger charge is -2.31. The first-order valence-corrected chi connectivity index (χ1v) is 9.56. The van der Waals surface area contributed by atoms with Gasteiger partial charge in [0.15, 0.2) is 0 Å². The van der Waals surface area contributed by atoms with Crippen LogP contribution in [0.1, 0.15) is 28.8 Å². The summed E-state index contributed by atoms with van der Waals surface area (Å²) in [6.45, 7) is 0.917. The van der Waals surface area contributed by atoms with Crippen LogP contribution in [-0.2, 0) is 11.0 Å². The van der Waals surface area contributed by atoms with Gasteiger partial charge in [-0.2, -0.15) is 13.2 Å². The minimum atomic E-state index is -4.41. The molecule has 0 radical (unpaired) electrons. The molecule has 0 bridgehead atoms. The largest absolute Gasteiger partial charge is 0.416 e. The van der Waals surface area contributed by atoms with Gasteiger partial charge in [0, 0.05) is 34.7 Å². The van der Waals surface area contributed by atoms with Crippen LogP contribution in [-0.4, -0.2) is 29.8 Å². The number of anilines is 1. The molecular weight excluding hydrogens is 437 g/mol. The molecule has 4 nitrogen and oxygen atoms in total. The van der Waals surface area contributed by atoms with Crippen molar-refractivity contribution in [2.45, 2.75) is 19.0 Å². The van der Waals surface area contributed by atoms with Crippen molar-refractivity contribution in [2.24, 2.45) is 5.92 Å². The van der Waals surface area contributed by atoms with Crippen LogP contribution in [0.4, 0.5) is 18.9 Å². The molecule has 1 fully saturated rings. The van der Waals surface area contributed by atoms with E-state index in [1.807, 2.05) is 0 Å². The molecule has 1 aliphatic rings. The summed E-state index contributed by atoms with van der Waals surface area (Å²) in [7, 11) is 0. The molecular formula is C20H18BrF3N2O2. The van der Waals surface area contributed by atoms with Gasteiger partial charge in [-0.3, -0.25) is 9.59 Å². The van der Waals surface area contributed by atoms with Crippen LogP contribution in [0.25, 0.3) is 0 Å². The highest BCUT2D eigenvalue weighted by Gasteiger charge is 2.31. The summed E-state index contributed by atoms with van der Waals surface area (Å²) >= 11 is 3.33. The van der Waals surface area contributed by atoms with Gasteiger partial charge in [-0.1, -0.05) is 15.9 Å². The van der Waals surface area contributed by atoms with Crippen LogP contribution in [0.15, 0.2) is 53.0 Å². The lowest BCUT2D eigenvalue weighted by molar-refractivity contribution is -0.137. The number of alkyl halides is 3. The molecule has 2 amide bonds. The molecule has 1 N–H and O–H groups in total. The number of carbonyl (C=O) groups excluding carboxylic acids is 2. The molecule has 0 aliphatic carbocycles. The molecule has 2 aromatic rings. The number of rotatable bonds is 3. The van der Waals surface area contributed by atoms with Crippen LogP contribution >= 0.6 is 15.9 Å². The van der Waals surface area contributed by atoms with Gasteiger partial charge in [-0.25, -0.2) is 0 Å². The van der Waals surface area contributed by atoms with Crippen molar-refractivity contribution >= 4 is 33.4 Å². The van der Waals surface area contributed by atoms with Crippen molar-refractivity contribution in [1.29, 1.82) is 0 Å². The summed E-state index contributed by atoms with van der Waals surface area (Å²) in [5.74, 6) is -0.596. The topological polar surface area (TPSA) is 49.4 Å². The van der Waals surface area contributed by atoms with E-state index in [0.29, 0.717) is 37.2 Å². The van der Waals surface area contributed by atoms with Crippen molar-refractivity contribution in [1.82, 2.24) is 4.90 Å². The molecule has 3 rings (SSSR count). The summed E-state index contributed by atoms with van der Waals surface area (Å²) in [5.41, 5.74) is 0.160. The first kappa shape index (κ1) is 20.4. The number of benzene rings is 2. The Balaban J connectivity index is 1.53. The van der Waals surface area contributed by atoms with Crippen molar-refractivity contribution < 1.29 is 22.8 Å². The van der Waals surface area contributed by atoms with E-state index in [4.69, 9.17) is 0 Å². The van der Waals surface area contributed by atoms with Crippen LogP contribution in [0, 0.1) is 5.92 Å². The highest BCUT2D eigenvalue weighted by Crippen LogP contribution is 2.30. The molecule has 0 saturated carbocycles. The van der Waals surface area contributed by atoms with Crippen LogP contribution in [0.2, 0.25) is 0 Å². The van der Waals surface area contributed by atoms with E-state index >= 15 is 0 Å². The summed E-state index contributed by atoms with van der Waals surface area (Å²) < 4.78 is 38.7. The maximum absolute atomic E-state index is 12.6. The lowest BCUT2D eigenvalue weighted by Crippen LogP contribution is -2.41. The number of hydrogen-bond acceptors (Lipinski definition) is 2. The monoisotopic (exact) mass is 454 g/mol.